The molecule has 1 unspecified atom stereocenters. The molecule has 2 aliphatic rings. The van der Waals surface area contributed by atoms with Gasteiger partial charge in [-0.05, 0) is 53.3 Å². The van der Waals surface area contributed by atoms with Crippen LogP contribution in [-0.2, 0) is 4.74 Å². The molecule has 3 aromatic rings. The number of hydrogen-bond donors (Lipinski definition) is 0. The van der Waals surface area contributed by atoms with Crippen LogP contribution in [0.5, 0.6) is 17.2 Å². The molecule has 0 bridgehead atoms. The first-order valence-electron chi connectivity index (χ1n) is 12.1. The third-order valence-corrected chi connectivity index (χ3v) is 10.1. The van der Waals surface area contributed by atoms with Crippen LogP contribution in [-0.4, -0.2) is 37.4 Å². The summed E-state index contributed by atoms with van der Waals surface area (Å²) in [6.07, 6.45) is 3.42. The van der Waals surface area contributed by atoms with Gasteiger partial charge in [-0.15, -0.1) is 23.5 Å². The van der Waals surface area contributed by atoms with Crippen LogP contribution in [0.2, 0.25) is 0 Å². The molecule has 7 heteroatoms. The molecule has 0 spiro atoms. The second kappa shape index (κ2) is 11.9. The minimum absolute atomic E-state index is 0.0149. The molecule has 0 amide bonds. The molecule has 0 N–H and O–H groups in total. The zero-order valence-corrected chi connectivity index (χ0v) is 24.3. The minimum atomic E-state index is -0.0149. The van der Waals surface area contributed by atoms with E-state index >= 15 is 0 Å². The Hall–Kier alpha value is -2.48. The quantitative estimate of drug-likeness (QED) is 0.273. The summed E-state index contributed by atoms with van der Waals surface area (Å²) in [4.78, 5) is 0. The molecule has 0 aliphatic carbocycles. The Morgan fingerprint density at radius 1 is 0.811 bits per heavy atom. The highest BCUT2D eigenvalue weighted by atomic mass is 79.9. The van der Waals surface area contributed by atoms with Gasteiger partial charge in [-0.3, -0.25) is 0 Å². The molecule has 3 aromatic carbocycles. The van der Waals surface area contributed by atoms with Gasteiger partial charge in [-0.2, -0.15) is 0 Å². The summed E-state index contributed by atoms with van der Waals surface area (Å²) in [6.45, 7) is 0. The molecular weight excluding hydrogens is 568 g/mol. The lowest BCUT2D eigenvalue weighted by molar-refractivity contribution is 0.323. The number of hydrogen-bond acceptors (Lipinski definition) is 6. The van der Waals surface area contributed by atoms with E-state index in [1.165, 1.54) is 23.1 Å². The Balaban J connectivity index is 1.73. The third-order valence-electron chi connectivity index (χ3n) is 6.43. The average Bonchev–Trinajstić information content (AvgIpc) is 2.96. The van der Waals surface area contributed by atoms with Crippen LogP contribution in [0, 0.1) is 0 Å². The van der Waals surface area contributed by atoms with Gasteiger partial charge in [0.1, 0.15) is 16.1 Å². The molecule has 192 valence electrons. The number of benzene rings is 3. The van der Waals surface area contributed by atoms with Crippen LogP contribution < -0.4 is 14.2 Å². The number of halogens is 1. The normalized spacial score (nSPS) is 18.2. The van der Waals surface area contributed by atoms with Gasteiger partial charge in [0.05, 0.1) is 21.3 Å². The van der Waals surface area contributed by atoms with Gasteiger partial charge in [-0.25, -0.2) is 0 Å². The molecule has 0 aromatic heterocycles. The van der Waals surface area contributed by atoms with E-state index in [9.17, 15) is 0 Å². The van der Waals surface area contributed by atoms with Crippen molar-refractivity contribution in [3.63, 3.8) is 0 Å². The highest BCUT2D eigenvalue weighted by Crippen LogP contribution is 2.51. The first-order valence-corrected chi connectivity index (χ1v) is 15.0. The van der Waals surface area contributed by atoms with Gasteiger partial charge < -0.3 is 18.9 Å². The molecule has 37 heavy (non-hydrogen) atoms. The molecule has 2 aliphatic heterocycles. The maximum Gasteiger partial charge on any atom is 0.203 e. The van der Waals surface area contributed by atoms with Gasteiger partial charge in [-0.1, -0.05) is 64.5 Å². The number of methoxy groups -OCH3 is 3. The molecule has 1 atom stereocenters. The van der Waals surface area contributed by atoms with E-state index in [-0.39, 0.29) is 10.5 Å². The summed E-state index contributed by atoms with van der Waals surface area (Å²) in [7, 11) is 4.88. The highest BCUT2D eigenvalue weighted by Gasteiger charge is 2.34. The lowest BCUT2D eigenvalue weighted by Crippen LogP contribution is -2.19. The second-order valence-electron chi connectivity index (χ2n) is 8.62. The van der Waals surface area contributed by atoms with Crippen molar-refractivity contribution in [2.24, 2.45) is 0 Å². The maximum atomic E-state index is 6.87. The standard InChI is InChI=1S/C30H29BrO4S2/c1-32-25-16-20(17-26(33-2)28(25)34-3)24-18-22(21-12-7-8-13-23(21)31)27(19-10-5-4-6-11-19)29(35-24)30-36-14-9-15-37-30/h4-8,10-13,16-18,22,30H,9,14-15H2,1-3H3. The van der Waals surface area contributed by atoms with Crippen molar-refractivity contribution in [2.45, 2.75) is 16.9 Å². The summed E-state index contributed by atoms with van der Waals surface area (Å²) in [5.41, 5.74) is 4.45. The van der Waals surface area contributed by atoms with Crippen molar-refractivity contribution in [3.05, 3.63) is 99.7 Å². The van der Waals surface area contributed by atoms with Gasteiger partial charge >= 0.3 is 0 Å². The topological polar surface area (TPSA) is 36.9 Å². The fourth-order valence-corrected chi connectivity index (χ4v) is 8.08. The molecule has 4 nitrogen and oxygen atoms in total. The van der Waals surface area contributed by atoms with Gasteiger partial charge in [0, 0.05) is 21.5 Å². The number of allylic oxidation sites excluding steroid dienone is 2. The summed E-state index contributed by atoms with van der Waals surface area (Å²) < 4.78 is 25.0. The summed E-state index contributed by atoms with van der Waals surface area (Å²) in [5, 5.41) is 0. The SMILES string of the molecule is COc1cc(C2=CC(c3ccccc3Br)C(c3ccccc3)=C(C3SCCCS3)O2)cc(OC)c1OC. The van der Waals surface area contributed by atoms with E-state index in [4.69, 9.17) is 18.9 Å². The fourth-order valence-electron chi connectivity index (χ4n) is 4.70. The number of thioether (sulfide) groups is 2. The van der Waals surface area contributed by atoms with Gasteiger partial charge in [0.15, 0.2) is 11.5 Å². The molecule has 1 fully saturated rings. The minimum Gasteiger partial charge on any atom is -0.493 e. The van der Waals surface area contributed by atoms with Crippen LogP contribution in [0.15, 0.2) is 83.0 Å². The van der Waals surface area contributed by atoms with Crippen molar-refractivity contribution in [3.8, 4) is 17.2 Å². The molecule has 5 rings (SSSR count). The Labute approximate surface area is 235 Å². The number of ether oxygens (including phenoxy) is 4. The number of rotatable bonds is 7. The van der Waals surface area contributed by atoms with Crippen molar-refractivity contribution >= 4 is 50.8 Å². The average molecular weight is 598 g/mol. The maximum absolute atomic E-state index is 6.87. The Bertz CT molecular complexity index is 1290. The van der Waals surface area contributed by atoms with Crippen LogP contribution in [0.3, 0.4) is 0 Å². The van der Waals surface area contributed by atoms with E-state index in [0.717, 1.165) is 33.1 Å². The lowest BCUT2D eigenvalue weighted by Gasteiger charge is -2.34. The van der Waals surface area contributed by atoms with Crippen molar-refractivity contribution in [2.75, 3.05) is 32.8 Å². The summed E-state index contributed by atoms with van der Waals surface area (Å²) in [5.74, 6) is 5.77. The Morgan fingerprint density at radius 3 is 2.08 bits per heavy atom. The van der Waals surface area contributed by atoms with Gasteiger partial charge in [0.25, 0.3) is 0 Å². The molecular formula is C30H29BrO4S2. The zero-order valence-electron chi connectivity index (χ0n) is 21.0. The van der Waals surface area contributed by atoms with E-state index < -0.39 is 0 Å². The molecule has 0 saturated carbocycles. The van der Waals surface area contributed by atoms with E-state index in [1.807, 2.05) is 35.7 Å². The highest BCUT2D eigenvalue weighted by molar-refractivity contribution is 9.10. The first kappa shape index (κ1) is 26.1. The van der Waals surface area contributed by atoms with Crippen LogP contribution in [0.25, 0.3) is 11.3 Å². The van der Waals surface area contributed by atoms with Crippen LogP contribution in [0.1, 0.15) is 29.0 Å². The molecule has 1 saturated heterocycles. The predicted octanol–water partition coefficient (Wildman–Crippen LogP) is 8.24. The summed E-state index contributed by atoms with van der Waals surface area (Å²) >= 11 is 7.75. The van der Waals surface area contributed by atoms with Crippen LogP contribution in [0.4, 0.5) is 0 Å². The molecule has 0 radical (unpaired) electrons. The zero-order chi connectivity index (χ0) is 25.8. The van der Waals surface area contributed by atoms with Crippen molar-refractivity contribution < 1.29 is 18.9 Å². The summed E-state index contributed by atoms with van der Waals surface area (Å²) in [6, 6.07) is 22.9. The van der Waals surface area contributed by atoms with Crippen molar-refractivity contribution in [1.29, 1.82) is 0 Å². The largest absolute Gasteiger partial charge is 0.493 e. The monoisotopic (exact) mass is 596 g/mol. The van der Waals surface area contributed by atoms with E-state index in [2.05, 4.69) is 76.6 Å². The van der Waals surface area contributed by atoms with E-state index in [1.54, 1.807) is 21.3 Å². The first-order chi connectivity index (χ1) is 18.1. The Morgan fingerprint density at radius 2 is 1.46 bits per heavy atom. The van der Waals surface area contributed by atoms with Crippen molar-refractivity contribution in [1.82, 2.24) is 0 Å². The second-order valence-corrected chi connectivity index (χ2v) is 12.2. The van der Waals surface area contributed by atoms with E-state index in [0.29, 0.717) is 17.2 Å². The fraction of sp³-hybridized carbons (Fsp3) is 0.267. The van der Waals surface area contributed by atoms with Gasteiger partial charge in [0.2, 0.25) is 5.75 Å². The molecule has 2 heterocycles. The predicted molar refractivity (Wildman–Crippen MR) is 159 cm³/mol. The third kappa shape index (κ3) is 5.40. The Kier molecular flexibility index (Phi) is 8.43. The van der Waals surface area contributed by atoms with Crippen LogP contribution >= 0.6 is 39.5 Å². The smallest absolute Gasteiger partial charge is 0.203 e. The lowest BCUT2D eigenvalue weighted by atomic mass is 9.83.